The Morgan fingerprint density at radius 2 is 1.83 bits per heavy atom. The molecule has 0 aromatic carbocycles. The highest BCUT2D eigenvalue weighted by Crippen LogP contribution is 2.26. The first-order valence-electron chi connectivity index (χ1n) is 6.60. The number of hydrogen-bond donors (Lipinski definition) is 2. The zero-order chi connectivity index (χ0) is 12.8. The second-order valence-corrected chi connectivity index (χ2v) is 5.06. The Kier molecular flexibility index (Phi) is 4.31. The van der Waals surface area contributed by atoms with Gasteiger partial charge in [-0.25, -0.2) is 0 Å². The van der Waals surface area contributed by atoms with Crippen LogP contribution in [0.2, 0.25) is 0 Å². The predicted octanol–water partition coefficient (Wildman–Crippen LogP) is 1.90. The van der Waals surface area contributed by atoms with Crippen LogP contribution in [0.15, 0.2) is 24.5 Å². The van der Waals surface area contributed by atoms with Gasteiger partial charge in [0.2, 0.25) is 0 Å². The number of aliphatic hydroxyl groups is 1. The quantitative estimate of drug-likeness (QED) is 0.803. The molecule has 2 rings (SSSR count). The molecular formula is C14H20N2O2. The largest absolute Gasteiger partial charge is 0.388 e. The van der Waals surface area contributed by atoms with Crippen LogP contribution in [0.5, 0.6) is 0 Å². The third-order valence-electron chi connectivity index (χ3n) is 3.55. The molecule has 0 spiro atoms. The van der Waals surface area contributed by atoms with Crippen LogP contribution in [0.1, 0.15) is 48.9 Å². The molecule has 0 bridgehead atoms. The standard InChI is InChI=1S/C14H20N2O2/c17-13(12-5-9-15-10-6-12)16-11-14(18)7-3-1-2-4-8-14/h5-6,9-10,18H,1-4,7-8,11H2,(H,16,17). The Bertz CT molecular complexity index is 384. The normalized spacial score (nSPS) is 18.9. The fraction of sp³-hybridized carbons (Fsp3) is 0.571. The molecule has 2 N–H and O–H groups in total. The van der Waals surface area contributed by atoms with Crippen molar-refractivity contribution in [2.24, 2.45) is 0 Å². The van der Waals surface area contributed by atoms with E-state index in [1.807, 2.05) is 0 Å². The van der Waals surface area contributed by atoms with Gasteiger partial charge in [-0.3, -0.25) is 9.78 Å². The lowest BCUT2D eigenvalue weighted by molar-refractivity contribution is 0.0246. The van der Waals surface area contributed by atoms with Crippen molar-refractivity contribution in [1.29, 1.82) is 0 Å². The molecule has 1 saturated carbocycles. The molecule has 0 unspecified atom stereocenters. The second-order valence-electron chi connectivity index (χ2n) is 5.06. The van der Waals surface area contributed by atoms with E-state index in [1.54, 1.807) is 24.5 Å². The molecule has 1 aromatic heterocycles. The third-order valence-corrected chi connectivity index (χ3v) is 3.55. The summed E-state index contributed by atoms with van der Waals surface area (Å²) in [7, 11) is 0. The molecule has 98 valence electrons. The summed E-state index contributed by atoms with van der Waals surface area (Å²) in [6.45, 7) is 0.341. The van der Waals surface area contributed by atoms with E-state index in [4.69, 9.17) is 0 Å². The highest BCUT2D eigenvalue weighted by Gasteiger charge is 2.28. The van der Waals surface area contributed by atoms with Crippen molar-refractivity contribution < 1.29 is 9.90 Å². The molecule has 18 heavy (non-hydrogen) atoms. The van der Waals surface area contributed by atoms with Gasteiger partial charge in [0.1, 0.15) is 0 Å². The summed E-state index contributed by atoms with van der Waals surface area (Å²) in [5, 5.41) is 13.2. The van der Waals surface area contributed by atoms with Gasteiger partial charge in [0, 0.05) is 24.5 Å². The summed E-state index contributed by atoms with van der Waals surface area (Å²) in [6, 6.07) is 3.35. The first-order valence-corrected chi connectivity index (χ1v) is 6.60. The monoisotopic (exact) mass is 248 g/mol. The van der Waals surface area contributed by atoms with E-state index in [2.05, 4.69) is 10.3 Å². The molecule has 1 aromatic rings. The number of pyridine rings is 1. The molecule has 1 aliphatic rings. The number of rotatable bonds is 3. The van der Waals surface area contributed by atoms with Crippen molar-refractivity contribution in [2.45, 2.75) is 44.1 Å². The predicted molar refractivity (Wildman–Crippen MR) is 69.2 cm³/mol. The summed E-state index contributed by atoms with van der Waals surface area (Å²) in [4.78, 5) is 15.7. The Labute approximate surface area is 107 Å². The van der Waals surface area contributed by atoms with Crippen molar-refractivity contribution >= 4 is 5.91 Å². The van der Waals surface area contributed by atoms with Crippen molar-refractivity contribution in [3.8, 4) is 0 Å². The molecule has 0 atom stereocenters. The number of nitrogens with zero attached hydrogens (tertiary/aromatic N) is 1. The minimum atomic E-state index is -0.723. The number of amides is 1. The Balaban J connectivity index is 1.88. The summed E-state index contributed by atoms with van der Waals surface area (Å²) in [5.74, 6) is -0.143. The number of hydrogen-bond acceptors (Lipinski definition) is 3. The summed E-state index contributed by atoms with van der Waals surface area (Å²) in [6.07, 6.45) is 9.20. The third kappa shape index (κ3) is 3.53. The van der Waals surface area contributed by atoms with Crippen molar-refractivity contribution in [1.82, 2.24) is 10.3 Å². The first-order chi connectivity index (χ1) is 8.70. The zero-order valence-electron chi connectivity index (χ0n) is 10.6. The molecule has 0 radical (unpaired) electrons. The summed E-state index contributed by atoms with van der Waals surface area (Å²) in [5.41, 5.74) is -0.138. The molecule has 0 aliphatic heterocycles. The van der Waals surface area contributed by atoms with Gasteiger partial charge in [0.05, 0.1) is 5.60 Å². The number of aromatic nitrogens is 1. The highest BCUT2D eigenvalue weighted by atomic mass is 16.3. The Morgan fingerprint density at radius 3 is 2.44 bits per heavy atom. The van der Waals surface area contributed by atoms with Gasteiger partial charge in [-0.15, -0.1) is 0 Å². The van der Waals surface area contributed by atoms with Gasteiger partial charge in [-0.2, -0.15) is 0 Å². The fourth-order valence-corrected chi connectivity index (χ4v) is 2.41. The van der Waals surface area contributed by atoms with Crippen LogP contribution in [-0.2, 0) is 0 Å². The fourth-order valence-electron chi connectivity index (χ4n) is 2.41. The molecule has 1 amide bonds. The smallest absolute Gasteiger partial charge is 0.251 e. The molecule has 1 heterocycles. The molecule has 1 fully saturated rings. The van der Waals surface area contributed by atoms with Crippen LogP contribution in [0.25, 0.3) is 0 Å². The second kappa shape index (κ2) is 5.96. The van der Waals surface area contributed by atoms with Crippen LogP contribution in [-0.4, -0.2) is 28.1 Å². The maximum atomic E-state index is 11.9. The van der Waals surface area contributed by atoms with Gasteiger partial charge < -0.3 is 10.4 Å². The topological polar surface area (TPSA) is 62.2 Å². The van der Waals surface area contributed by atoms with Gasteiger partial charge in [0.25, 0.3) is 5.91 Å². The molecular weight excluding hydrogens is 228 g/mol. The minimum Gasteiger partial charge on any atom is -0.388 e. The number of carbonyl (C=O) groups excluding carboxylic acids is 1. The van der Waals surface area contributed by atoms with Gasteiger partial charge in [-0.1, -0.05) is 25.7 Å². The van der Waals surface area contributed by atoms with E-state index in [1.165, 1.54) is 12.8 Å². The van der Waals surface area contributed by atoms with E-state index < -0.39 is 5.60 Å². The number of nitrogens with one attached hydrogen (secondary N) is 1. The zero-order valence-corrected chi connectivity index (χ0v) is 10.6. The van der Waals surface area contributed by atoms with Crippen LogP contribution in [0.4, 0.5) is 0 Å². The van der Waals surface area contributed by atoms with E-state index in [9.17, 15) is 9.90 Å². The average molecular weight is 248 g/mol. The molecule has 4 nitrogen and oxygen atoms in total. The Morgan fingerprint density at radius 1 is 1.22 bits per heavy atom. The summed E-state index contributed by atoms with van der Waals surface area (Å²) < 4.78 is 0. The van der Waals surface area contributed by atoms with E-state index in [0.29, 0.717) is 12.1 Å². The van der Waals surface area contributed by atoms with Gasteiger partial charge >= 0.3 is 0 Å². The van der Waals surface area contributed by atoms with Crippen LogP contribution in [0, 0.1) is 0 Å². The SMILES string of the molecule is O=C(NCC1(O)CCCCCC1)c1ccncc1. The maximum absolute atomic E-state index is 11.9. The van der Waals surface area contributed by atoms with E-state index in [0.717, 1.165) is 25.7 Å². The van der Waals surface area contributed by atoms with Gasteiger partial charge in [-0.05, 0) is 25.0 Å². The average Bonchev–Trinajstić information content (AvgIpc) is 2.62. The van der Waals surface area contributed by atoms with E-state index >= 15 is 0 Å². The first kappa shape index (κ1) is 13.0. The molecule has 1 aliphatic carbocycles. The molecule has 0 saturated heterocycles. The Hall–Kier alpha value is -1.42. The minimum absolute atomic E-state index is 0.143. The van der Waals surface area contributed by atoms with Crippen LogP contribution in [0.3, 0.4) is 0 Å². The lowest BCUT2D eigenvalue weighted by Crippen LogP contribution is -2.42. The van der Waals surface area contributed by atoms with Crippen molar-refractivity contribution in [3.05, 3.63) is 30.1 Å². The van der Waals surface area contributed by atoms with E-state index in [-0.39, 0.29) is 5.91 Å². The highest BCUT2D eigenvalue weighted by molar-refractivity contribution is 5.93. The van der Waals surface area contributed by atoms with Gasteiger partial charge in [0.15, 0.2) is 0 Å². The summed E-state index contributed by atoms with van der Waals surface area (Å²) >= 11 is 0. The van der Waals surface area contributed by atoms with Crippen molar-refractivity contribution in [2.75, 3.05) is 6.54 Å². The molecule has 4 heteroatoms. The van der Waals surface area contributed by atoms with Crippen molar-refractivity contribution in [3.63, 3.8) is 0 Å². The maximum Gasteiger partial charge on any atom is 0.251 e. The number of carbonyl (C=O) groups is 1. The lowest BCUT2D eigenvalue weighted by atomic mass is 9.94. The lowest BCUT2D eigenvalue weighted by Gasteiger charge is -2.26. The van der Waals surface area contributed by atoms with Crippen LogP contribution < -0.4 is 5.32 Å². The van der Waals surface area contributed by atoms with Crippen LogP contribution >= 0.6 is 0 Å².